The van der Waals surface area contributed by atoms with E-state index in [2.05, 4.69) is 6.07 Å². The molecule has 1 amide bonds. The van der Waals surface area contributed by atoms with E-state index in [0.717, 1.165) is 5.56 Å². The van der Waals surface area contributed by atoms with Crippen molar-refractivity contribution in [1.29, 1.82) is 5.26 Å². The summed E-state index contributed by atoms with van der Waals surface area (Å²) in [7, 11) is 0. The molecule has 1 fully saturated rings. The molecule has 2 rings (SSSR count). The summed E-state index contributed by atoms with van der Waals surface area (Å²) in [6.45, 7) is 0.840. The molecule has 6 heteroatoms. The lowest BCUT2D eigenvalue weighted by atomic mass is 9.94. The quantitative estimate of drug-likeness (QED) is 0.895. The zero-order valence-corrected chi connectivity index (χ0v) is 12.4. The third-order valence-electron chi connectivity index (χ3n) is 3.59. The van der Waals surface area contributed by atoms with Crippen LogP contribution in [-0.4, -0.2) is 48.0 Å². The highest BCUT2D eigenvalue weighted by molar-refractivity contribution is 5.68. The molecule has 6 nitrogen and oxygen atoms in total. The number of rotatable bonds is 5. The van der Waals surface area contributed by atoms with Crippen molar-refractivity contribution in [2.75, 3.05) is 26.3 Å². The lowest BCUT2D eigenvalue weighted by molar-refractivity contribution is -0.0596. The second kappa shape index (κ2) is 7.78. The van der Waals surface area contributed by atoms with Gasteiger partial charge in [0.05, 0.1) is 25.8 Å². The average Bonchev–Trinajstić information content (AvgIpc) is 2.59. The summed E-state index contributed by atoms with van der Waals surface area (Å²) in [6.07, 6.45) is 0.765. The Labute approximate surface area is 129 Å². The predicted molar refractivity (Wildman–Crippen MR) is 78.8 cm³/mol. The number of hydrogen-bond acceptors (Lipinski definition) is 5. The van der Waals surface area contributed by atoms with Crippen molar-refractivity contribution in [3.05, 3.63) is 35.9 Å². The third kappa shape index (κ3) is 4.20. The van der Waals surface area contributed by atoms with Gasteiger partial charge >= 0.3 is 6.09 Å². The first-order valence-electron chi connectivity index (χ1n) is 7.31. The van der Waals surface area contributed by atoms with Crippen molar-refractivity contribution < 1.29 is 19.4 Å². The number of amides is 1. The molecule has 1 unspecified atom stereocenters. The number of carbonyl (C=O) groups is 1. The van der Waals surface area contributed by atoms with Crippen LogP contribution in [-0.2, 0) is 16.1 Å². The van der Waals surface area contributed by atoms with Crippen molar-refractivity contribution in [3.8, 4) is 6.07 Å². The molecular weight excluding hydrogens is 284 g/mol. The minimum Gasteiger partial charge on any atom is -0.445 e. The Kier molecular flexibility index (Phi) is 5.75. The fraction of sp³-hybridized carbons (Fsp3) is 0.500. The second-order valence-corrected chi connectivity index (χ2v) is 5.24. The molecule has 118 valence electrons. The summed E-state index contributed by atoms with van der Waals surface area (Å²) < 4.78 is 10.7. The Hall–Kier alpha value is -2.10. The number of benzene rings is 1. The lowest BCUT2D eigenvalue weighted by Gasteiger charge is -2.37. The SMILES string of the molecule is N#CC1(OCCO)CCCN(C(=O)OCc2ccccc2)C1. The maximum absolute atomic E-state index is 12.1. The molecule has 0 radical (unpaired) electrons. The molecule has 1 aromatic rings. The molecule has 0 saturated carbocycles. The standard InChI is InChI=1S/C16H20N2O4/c17-12-16(22-10-9-19)7-4-8-18(13-16)15(20)21-11-14-5-2-1-3-6-14/h1-3,5-6,19H,4,7-11,13H2. The Balaban J connectivity index is 1.91. The number of nitriles is 1. The van der Waals surface area contributed by atoms with Gasteiger partial charge in [-0.2, -0.15) is 5.26 Å². The average molecular weight is 304 g/mol. The van der Waals surface area contributed by atoms with E-state index in [9.17, 15) is 10.1 Å². The van der Waals surface area contributed by atoms with Crippen LogP contribution in [0.25, 0.3) is 0 Å². The van der Waals surface area contributed by atoms with E-state index in [-0.39, 0.29) is 26.4 Å². The molecule has 1 aliphatic rings. The highest BCUT2D eigenvalue weighted by Crippen LogP contribution is 2.25. The zero-order chi connectivity index (χ0) is 15.8. The molecule has 0 aromatic heterocycles. The second-order valence-electron chi connectivity index (χ2n) is 5.24. The first-order valence-corrected chi connectivity index (χ1v) is 7.31. The monoisotopic (exact) mass is 304 g/mol. The van der Waals surface area contributed by atoms with Crippen LogP contribution in [0.2, 0.25) is 0 Å². The van der Waals surface area contributed by atoms with Crippen LogP contribution in [0, 0.1) is 11.3 Å². The van der Waals surface area contributed by atoms with Gasteiger partial charge in [-0.15, -0.1) is 0 Å². The van der Waals surface area contributed by atoms with Crippen LogP contribution in [0.5, 0.6) is 0 Å². The number of carbonyl (C=O) groups excluding carboxylic acids is 1. The smallest absolute Gasteiger partial charge is 0.410 e. The number of nitrogens with zero attached hydrogens (tertiary/aromatic N) is 2. The lowest BCUT2D eigenvalue weighted by Crippen LogP contribution is -2.51. The van der Waals surface area contributed by atoms with E-state index >= 15 is 0 Å². The fourth-order valence-corrected chi connectivity index (χ4v) is 2.47. The highest BCUT2D eigenvalue weighted by Gasteiger charge is 2.38. The van der Waals surface area contributed by atoms with Crippen molar-refractivity contribution in [3.63, 3.8) is 0 Å². The molecule has 1 saturated heterocycles. The van der Waals surface area contributed by atoms with Crippen LogP contribution in [0.1, 0.15) is 18.4 Å². The van der Waals surface area contributed by atoms with Gasteiger partial charge in [0.2, 0.25) is 0 Å². The number of hydrogen-bond donors (Lipinski definition) is 1. The maximum atomic E-state index is 12.1. The largest absolute Gasteiger partial charge is 0.445 e. The fourth-order valence-electron chi connectivity index (χ4n) is 2.47. The number of aliphatic hydroxyl groups excluding tert-OH is 1. The van der Waals surface area contributed by atoms with Gasteiger partial charge in [0, 0.05) is 6.54 Å². The summed E-state index contributed by atoms with van der Waals surface area (Å²) in [5, 5.41) is 18.2. The molecule has 1 N–H and O–H groups in total. The normalized spacial score (nSPS) is 21.2. The minimum absolute atomic E-state index is 0.0838. The van der Waals surface area contributed by atoms with Crippen LogP contribution in [0.3, 0.4) is 0 Å². The topological polar surface area (TPSA) is 82.8 Å². The Morgan fingerprint density at radius 1 is 1.41 bits per heavy atom. The first kappa shape index (κ1) is 16.3. The van der Waals surface area contributed by atoms with Gasteiger partial charge in [-0.3, -0.25) is 0 Å². The Bertz CT molecular complexity index is 529. The van der Waals surface area contributed by atoms with E-state index in [1.807, 2.05) is 30.3 Å². The molecule has 0 aliphatic carbocycles. The Morgan fingerprint density at radius 2 is 2.18 bits per heavy atom. The van der Waals surface area contributed by atoms with Gasteiger partial charge in [-0.1, -0.05) is 30.3 Å². The molecule has 0 spiro atoms. The molecule has 1 heterocycles. The van der Waals surface area contributed by atoms with Crippen LogP contribution in [0.4, 0.5) is 4.79 Å². The summed E-state index contributed by atoms with van der Waals surface area (Å²) >= 11 is 0. The van der Waals surface area contributed by atoms with Crippen molar-refractivity contribution >= 4 is 6.09 Å². The summed E-state index contributed by atoms with van der Waals surface area (Å²) in [5.74, 6) is 0. The van der Waals surface area contributed by atoms with Gasteiger partial charge in [0.15, 0.2) is 5.60 Å². The minimum atomic E-state index is -1.05. The van der Waals surface area contributed by atoms with E-state index in [0.29, 0.717) is 19.4 Å². The van der Waals surface area contributed by atoms with E-state index in [1.54, 1.807) is 0 Å². The molecule has 1 aliphatic heterocycles. The van der Waals surface area contributed by atoms with Gasteiger partial charge < -0.3 is 19.5 Å². The number of aliphatic hydroxyl groups is 1. The van der Waals surface area contributed by atoms with Crippen LogP contribution < -0.4 is 0 Å². The molecule has 0 bridgehead atoms. The van der Waals surface area contributed by atoms with Crippen molar-refractivity contribution in [2.45, 2.75) is 25.0 Å². The van der Waals surface area contributed by atoms with Crippen molar-refractivity contribution in [2.24, 2.45) is 0 Å². The molecular formula is C16H20N2O4. The highest BCUT2D eigenvalue weighted by atomic mass is 16.6. The predicted octanol–water partition coefficient (Wildman–Crippen LogP) is 1.69. The molecule has 1 aromatic carbocycles. The summed E-state index contributed by atoms with van der Waals surface area (Å²) in [5.41, 5.74) is -0.136. The summed E-state index contributed by atoms with van der Waals surface area (Å²) in [6, 6.07) is 11.6. The van der Waals surface area contributed by atoms with Crippen LogP contribution in [0.15, 0.2) is 30.3 Å². The summed E-state index contributed by atoms with van der Waals surface area (Å²) in [4.78, 5) is 13.6. The van der Waals surface area contributed by atoms with Crippen LogP contribution >= 0.6 is 0 Å². The van der Waals surface area contributed by atoms with Gasteiger partial charge in [0.25, 0.3) is 0 Å². The molecule has 22 heavy (non-hydrogen) atoms. The van der Waals surface area contributed by atoms with Gasteiger partial charge in [-0.05, 0) is 18.4 Å². The Morgan fingerprint density at radius 3 is 2.86 bits per heavy atom. The third-order valence-corrected chi connectivity index (χ3v) is 3.59. The van der Waals surface area contributed by atoms with Gasteiger partial charge in [-0.25, -0.2) is 4.79 Å². The van der Waals surface area contributed by atoms with E-state index < -0.39 is 11.7 Å². The number of likely N-dealkylation sites (tertiary alicyclic amines) is 1. The number of piperidine rings is 1. The first-order chi connectivity index (χ1) is 10.7. The van der Waals surface area contributed by atoms with E-state index in [4.69, 9.17) is 14.6 Å². The van der Waals surface area contributed by atoms with Crippen molar-refractivity contribution in [1.82, 2.24) is 4.90 Å². The zero-order valence-electron chi connectivity index (χ0n) is 12.4. The maximum Gasteiger partial charge on any atom is 0.410 e. The van der Waals surface area contributed by atoms with Gasteiger partial charge in [0.1, 0.15) is 6.61 Å². The van der Waals surface area contributed by atoms with E-state index in [1.165, 1.54) is 4.90 Å². The molecule has 1 atom stereocenters. The number of ether oxygens (including phenoxy) is 2.